The second-order valence-electron chi connectivity index (χ2n) is 9.23. The maximum atomic E-state index is 13.5. The quantitative estimate of drug-likeness (QED) is 0.252. The van der Waals surface area contributed by atoms with E-state index in [0.717, 1.165) is 66.0 Å². The molecule has 0 spiro atoms. The Morgan fingerprint density at radius 1 is 1.00 bits per heavy atom. The molecular formula is C31H35N3O3. The largest absolute Gasteiger partial charge is 0.496 e. The minimum Gasteiger partial charge on any atom is -0.496 e. The second-order valence-corrected chi connectivity index (χ2v) is 9.23. The lowest BCUT2D eigenvalue weighted by atomic mass is 9.96. The third-order valence-corrected chi connectivity index (χ3v) is 6.91. The molecule has 0 aliphatic carbocycles. The zero-order chi connectivity index (χ0) is 26.2. The molecule has 0 bridgehead atoms. The number of amides is 2. The van der Waals surface area contributed by atoms with E-state index in [1.165, 1.54) is 10.6 Å². The number of hydrazone groups is 1. The predicted octanol–water partition coefficient (Wildman–Crippen LogP) is 6.87. The summed E-state index contributed by atoms with van der Waals surface area (Å²) in [5.74, 6) is 1.50. The van der Waals surface area contributed by atoms with Crippen molar-refractivity contribution in [3.63, 3.8) is 0 Å². The van der Waals surface area contributed by atoms with Crippen LogP contribution in [0.5, 0.6) is 11.5 Å². The highest BCUT2D eigenvalue weighted by Gasteiger charge is 2.29. The van der Waals surface area contributed by atoms with Crippen LogP contribution in [0.15, 0.2) is 84.1 Å². The van der Waals surface area contributed by atoms with Crippen LogP contribution in [0.3, 0.4) is 0 Å². The first-order valence-electron chi connectivity index (χ1n) is 12.7. The molecule has 37 heavy (non-hydrogen) atoms. The summed E-state index contributed by atoms with van der Waals surface area (Å²) >= 11 is 0. The summed E-state index contributed by atoms with van der Waals surface area (Å²) < 4.78 is 11.1. The van der Waals surface area contributed by atoms with Gasteiger partial charge in [0.15, 0.2) is 0 Å². The molecule has 192 valence electrons. The summed E-state index contributed by atoms with van der Waals surface area (Å²) in [6, 6.07) is 24.2. The van der Waals surface area contributed by atoms with Crippen molar-refractivity contribution in [1.82, 2.24) is 9.91 Å². The maximum absolute atomic E-state index is 13.5. The number of urea groups is 1. The van der Waals surface area contributed by atoms with Crippen LogP contribution in [-0.4, -0.2) is 49.5 Å². The van der Waals surface area contributed by atoms with Gasteiger partial charge in [-0.25, -0.2) is 4.79 Å². The Balaban J connectivity index is 1.53. The minimum absolute atomic E-state index is 0.134. The van der Waals surface area contributed by atoms with Crippen LogP contribution in [-0.2, 0) is 6.42 Å². The van der Waals surface area contributed by atoms with E-state index in [4.69, 9.17) is 9.47 Å². The van der Waals surface area contributed by atoms with Crippen molar-refractivity contribution in [2.45, 2.75) is 38.6 Å². The second kappa shape index (κ2) is 12.3. The minimum atomic E-state index is -0.134. The van der Waals surface area contributed by atoms with Gasteiger partial charge >= 0.3 is 6.03 Å². The average molecular weight is 498 g/mol. The number of hydrogen-bond acceptors (Lipinski definition) is 4. The SMILES string of the molecule is C=NN(/C=C(\C)c1ccc(-c2c(OC)cccc2OC)cc1)C(=O)N1CCCCC1Cc1ccccc1. The van der Waals surface area contributed by atoms with E-state index >= 15 is 0 Å². The summed E-state index contributed by atoms with van der Waals surface area (Å²) in [4.78, 5) is 15.5. The fraction of sp³-hybridized carbons (Fsp3) is 0.290. The van der Waals surface area contributed by atoms with Gasteiger partial charge in [0.2, 0.25) is 0 Å². The first-order chi connectivity index (χ1) is 18.0. The zero-order valence-electron chi connectivity index (χ0n) is 21.9. The Hall–Kier alpha value is -4.06. The third kappa shape index (κ3) is 6.02. The highest BCUT2D eigenvalue weighted by Crippen LogP contribution is 2.38. The summed E-state index contributed by atoms with van der Waals surface area (Å²) in [5.41, 5.74) is 5.02. The molecule has 1 aliphatic heterocycles. The molecule has 1 aliphatic rings. The van der Waals surface area contributed by atoms with Gasteiger partial charge in [0.1, 0.15) is 11.5 Å². The molecular weight excluding hydrogens is 462 g/mol. The first-order valence-corrected chi connectivity index (χ1v) is 12.7. The first kappa shape index (κ1) is 26.0. The van der Waals surface area contributed by atoms with Crippen LogP contribution in [0.4, 0.5) is 4.79 Å². The van der Waals surface area contributed by atoms with Gasteiger partial charge in [-0.05, 0) is 67.0 Å². The number of likely N-dealkylation sites (tertiary alicyclic amines) is 1. The smallest absolute Gasteiger partial charge is 0.344 e. The van der Waals surface area contributed by atoms with E-state index in [1.54, 1.807) is 20.4 Å². The molecule has 0 radical (unpaired) electrons. The van der Waals surface area contributed by atoms with E-state index in [1.807, 2.05) is 72.5 Å². The number of allylic oxidation sites excluding steroid dienone is 1. The Bertz CT molecular complexity index is 1220. The number of nitrogens with zero attached hydrogens (tertiary/aromatic N) is 3. The summed E-state index contributed by atoms with van der Waals surface area (Å²) in [5, 5.41) is 5.43. The van der Waals surface area contributed by atoms with E-state index in [2.05, 4.69) is 24.0 Å². The fourth-order valence-electron chi connectivity index (χ4n) is 4.93. The summed E-state index contributed by atoms with van der Waals surface area (Å²) in [6.45, 7) is 6.38. The highest BCUT2D eigenvalue weighted by atomic mass is 16.5. The van der Waals surface area contributed by atoms with Crippen LogP contribution in [0.2, 0.25) is 0 Å². The van der Waals surface area contributed by atoms with Crippen molar-refractivity contribution in [3.05, 3.63) is 90.1 Å². The number of ether oxygens (including phenoxy) is 2. The predicted molar refractivity (Wildman–Crippen MR) is 150 cm³/mol. The molecule has 3 aromatic rings. The highest BCUT2D eigenvalue weighted by molar-refractivity contribution is 5.80. The van der Waals surface area contributed by atoms with E-state index in [0.29, 0.717) is 0 Å². The molecule has 3 aromatic carbocycles. The zero-order valence-corrected chi connectivity index (χ0v) is 21.9. The summed E-state index contributed by atoms with van der Waals surface area (Å²) in [7, 11) is 3.31. The van der Waals surface area contributed by atoms with Crippen LogP contribution in [0, 0.1) is 0 Å². The van der Waals surface area contributed by atoms with Crippen molar-refractivity contribution in [1.29, 1.82) is 0 Å². The Morgan fingerprint density at radius 2 is 1.68 bits per heavy atom. The van der Waals surface area contributed by atoms with E-state index < -0.39 is 0 Å². The Morgan fingerprint density at radius 3 is 2.30 bits per heavy atom. The number of rotatable bonds is 8. The van der Waals surface area contributed by atoms with Crippen LogP contribution in [0.25, 0.3) is 16.7 Å². The standard InChI is InChI=1S/C31H35N3O3/c1-23(25-16-18-26(19-17-25)30-28(36-3)14-10-15-29(30)37-4)22-34(32-2)31(35)33-20-9-8-13-27(33)21-24-11-6-5-7-12-24/h5-7,10-12,14-19,22,27H,2,8-9,13,20-21H2,1,3-4H3/b23-22+. The molecule has 1 heterocycles. The van der Waals surface area contributed by atoms with Crippen molar-refractivity contribution in [2.75, 3.05) is 20.8 Å². The van der Waals surface area contributed by atoms with Crippen molar-refractivity contribution >= 4 is 18.3 Å². The van der Waals surface area contributed by atoms with Crippen molar-refractivity contribution in [2.24, 2.45) is 5.10 Å². The lowest BCUT2D eigenvalue weighted by molar-refractivity contribution is 0.128. The molecule has 1 saturated heterocycles. The number of carbonyl (C=O) groups is 1. The van der Waals surface area contributed by atoms with E-state index in [9.17, 15) is 4.79 Å². The molecule has 4 rings (SSSR count). The van der Waals surface area contributed by atoms with Gasteiger partial charge in [-0.3, -0.25) is 0 Å². The van der Waals surface area contributed by atoms with Crippen molar-refractivity contribution in [3.8, 4) is 22.6 Å². The molecule has 0 saturated carbocycles. The molecule has 2 amide bonds. The Labute approximate surface area is 219 Å². The van der Waals surface area contributed by atoms with Gasteiger partial charge in [-0.1, -0.05) is 60.7 Å². The number of carbonyl (C=O) groups excluding carboxylic acids is 1. The molecule has 0 N–H and O–H groups in total. The van der Waals surface area contributed by atoms with Gasteiger partial charge < -0.3 is 14.4 Å². The normalized spacial score (nSPS) is 15.7. The number of piperidine rings is 1. The van der Waals surface area contributed by atoms with Gasteiger partial charge in [-0.2, -0.15) is 10.1 Å². The molecule has 1 atom stereocenters. The maximum Gasteiger partial charge on any atom is 0.344 e. The topological polar surface area (TPSA) is 54.4 Å². The number of benzene rings is 3. The molecule has 6 nitrogen and oxygen atoms in total. The summed E-state index contributed by atoms with van der Waals surface area (Å²) in [6.07, 6.45) is 5.72. The Kier molecular flexibility index (Phi) is 8.62. The molecule has 6 heteroatoms. The monoisotopic (exact) mass is 497 g/mol. The number of methoxy groups -OCH3 is 2. The van der Waals surface area contributed by atoms with Crippen LogP contribution < -0.4 is 9.47 Å². The lowest BCUT2D eigenvalue weighted by Crippen LogP contribution is -2.48. The fourth-order valence-corrected chi connectivity index (χ4v) is 4.93. The number of hydrogen-bond donors (Lipinski definition) is 0. The van der Waals surface area contributed by atoms with Crippen molar-refractivity contribution < 1.29 is 14.3 Å². The van der Waals surface area contributed by atoms with Gasteiger partial charge in [0, 0.05) is 25.5 Å². The molecule has 1 unspecified atom stereocenters. The lowest BCUT2D eigenvalue weighted by Gasteiger charge is -2.37. The van der Waals surface area contributed by atoms with Gasteiger partial charge in [-0.15, -0.1) is 0 Å². The van der Waals surface area contributed by atoms with Crippen LogP contribution in [0.1, 0.15) is 37.3 Å². The third-order valence-electron chi connectivity index (χ3n) is 6.91. The van der Waals surface area contributed by atoms with Crippen LogP contribution >= 0.6 is 0 Å². The average Bonchev–Trinajstić information content (AvgIpc) is 2.95. The van der Waals surface area contributed by atoms with Gasteiger partial charge in [0.25, 0.3) is 0 Å². The van der Waals surface area contributed by atoms with Gasteiger partial charge in [0.05, 0.1) is 19.8 Å². The molecule has 0 aromatic heterocycles. The van der Waals surface area contributed by atoms with E-state index in [-0.39, 0.29) is 12.1 Å². The molecule has 1 fully saturated rings.